The fourth-order valence-corrected chi connectivity index (χ4v) is 2.46. The minimum atomic E-state index is -1.12. The number of rotatable bonds is 6. The number of imidazole rings is 1. The summed E-state index contributed by atoms with van der Waals surface area (Å²) in [5.74, 6) is -0.0669. The molecule has 1 heterocycles. The molecule has 2 N–H and O–H groups in total. The van der Waals surface area contributed by atoms with Crippen LogP contribution in [0.2, 0.25) is 0 Å². The number of aromatic nitrogens is 2. The van der Waals surface area contributed by atoms with Crippen molar-refractivity contribution in [2.75, 3.05) is 6.61 Å². The van der Waals surface area contributed by atoms with Gasteiger partial charge in [0.1, 0.15) is 23.0 Å². The Balaban J connectivity index is 2.05. The Kier molecular flexibility index (Phi) is 4.56. The van der Waals surface area contributed by atoms with Gasteiger partial charge in [-0.2, -0.15) is 0 Å². The Labute approximate surface area is 143 Å². The first kappa shape index (κ1) is 16.4. The van der Waals surface area contributed by atoms with Gasteiger partial charge in [-0.1, -0.05) is 12.1 Å². The van der Waals surface area contributed by atoms with Crippen LogP contribution in [0.4, 0.5) is 5.69 Å². The molecule has 0 radical (unpaired) electrons. The van der Waals surface area contributed by atoms with E-state index in [1.165, 1.54) is 0 Å². The van der Waals surface area contributed by atoms with Crippen LogP contribution in [0, 0.1) is 4.91 Å². The largest absolute Gasteiger partial charge is 0.494 e. The van der Waals surface area contributed by atoms with Gasteiger partial charge in [-0.3, -0.25) is 0 Å². The van der Waals surface area contributed by atoms with E-state index in [0.29, 0.717) is 35.0 Å². The summed E-state index contributed by atoms with van der Waals surface area (Å²) in [4.78, 5) is 29.5. The molecule has 0 aliphatic carbocycles. The van der Waals surface area contributed by atoms with Gasteiger partial charge in [0.2, 0.25) is 0 Å². The Morgan fingerprint density at radius 2 is 1.96 bits per heavy atom. The average molecular weight is 337 g/mol. The van der Waals surface area contributed by atoms with E-state index in [0.717, 1.165) is 0 Å². The predicted octanol–water partition coefficient (Wildman–Crippen LogP) is 4.24. The zero-order chi connectivity index (χ0) is 17.8. The molecule has 2 aromatic carbocycles. The van der Waals surface area contributed by atoms with Gasteiger partial charge < -0.3 is 14.8 Å². The number of ether oxygens (including phenoxy) is 1. The van der Waals surface area contributed by atoms with Gasteiger partial charge >= 0.3 is 5.97 Å². The van der Waals surface area contributed by atoms with E-state index in [-0.39, 0.29) is 11.4 Å². The molecule has 0 amide bonds. The Bertz CT molecular complexity index is 916. The van der Waals surface area contributed by atoms with E-state index >= 15 is 0 Å². The third kappa shape index (κ3) is 3.40. The van der Waals surface area contributed by atoms with Gasteiger partial charge in [0.15, 0.2) is 5.69 Å². The van der Waals surface area contributed by atoms with Crippen molar-refractivity contribution in [3.05, 3.63) is 59.1 Å². The fourth-order valence-electron chi connectivity index (χ4n) is 2.46. The third-order valence-electron chi connectivity index (χ3n) is 3.58. The van der Waals surface area contributed by atoms with Crippen LogP contribution in [0.5, 0.6) is 5.75 Å². The van der Waals surface area contributed by atoms with Gasteiger partial charge in [0.05, 0.1) is 6.61 Å². The first-order valence-corrected chi connectivity index (χ1v) is 7.62. The molecule has 0 unspecified atom stereocenters. The summed E-state index contributed by atoms with van der Waals surface area (Å²) in [5, 5.41) is 12.3. The number of benzene rings is 2. The van der Waals surface area contributed by atoms with E-state index in [2.05, 4.69) is 15.1 Å². The summed E-state index contributed by atoms with van der Waals surface area (Å²) >= 11 is 0. The van der Waals surface area contributed by atoms with Gasteiger partial charge in [0, 0.05) is 11.1 Å². The number of carbonyl (C=O) groups is 1. The number of hydrogen-bond acceptors (Lipinski definition) is 5. The van der Waals surface area contributed by atoms with Gasteiger partial charge in [-0.15, -0.1) is 4.91 Å². The van der Waals surface area contributed by atoms with E-state index < -0.39 is 5.97 Å². The second-order valence-electron chi connectivity index (χ2n) is 5.21. The predicted molar refractivity (Wildman–Crippen MR) is 93.0 cm³/mol. The molecule has 0 aliphatic heterocycles. The van der Waals surface area contributed by atoms with Crippen LogP contribution >= 0.6 is 0 Å². The van der Waals surface area contributed by atoms with Crippen LogP contribution in [0.1, 0.15) is 17.4 Å². The number of carboxylic acids is 1. The smallest absolute Gasteiger partial charge is 0.354 e. The number of nitrogens with zero attached hydrogens (tertiary/aromatic N) is 2. The van der Waals surface area contributed by atoms with Crippen molar-refractivity contribution in [3.63, 3.8) is 0 Å². The number of nitrogens with one attached hydrogen (secondary N) is 1. The standard InChI is InChI=1S/C18H15N3O4/c1-2-25-14-8-6-11(7-9-14)15-16(18(22)23)20-17(19-15)12-4-3-5-13(10-12)21-24/h3-10H,2H2,1H3,(H,19,20)(H,22,23). The molecule has 7 heteroatoms. The first-order valence-electron chi connectivity index (χ1n) is 7.62. The van der Waals surface area contributed by atoms with Crippen molar-refractivity contribution >= 4 is 11.7 Å². The van der Waals surface area contributed by atoms with Crippen molar-refractivity contribution < 1.29 is 14.6 Å². The molecule has 3 rings (SSSR count). The number of aromatic amines is 1. The molecule has 126 valence electrons. The van der Waals surface area contributed by atoms with Gasteiger partial charge in [0.25, 0.3) is 0 Å². The van der Waals surface area contributed by atoms with Gasteiger partial charge in [-0.25, -0.2) is 9.78 Å². The highest BCUT2D eigenvalue weighted by atomic mass is 16.5. The molecular formula is C18H15N3O4. The minimum Gasteiger partial charge on any atom is -0.494 e. The molecule has 1 aromatic heterocycles. The molecule has 7 nitrogen and oxygen atoms in total. The Morgan fingerprint density at radius 3 is 2.60 bits per heavy atom. The first-order chi connectivity index (χ1) is 12.1. The number of aromatic carboxylic acids is 1. The normalized spacial score (nSPS) is 10.4. The second kappa shape index (κ2) is 6.96. The zero-order valence-corrected chi connectivity index (χ0v) is 13.4. The maximum atomic E-state index is 11.6. The minimum absolute atomic E-state index is 0.0244. The van der Waals surface area contributed by atoms with E-state index in [1.54, 1.807) is 48.5 Å². The van der Waals surface area contributed by atoms with E-state index in [1.807, 2.05) is 6.92 Å². The lowest BCUT2D eigenvalue weighted by molar-refractivity contribution is 0.0692. The van der Waals surface area contributed by atoms with Crippen LogP contribution < -0.4 is 4.74 Å². The molecule has 0 saturated heterocycles. The van der Waals surface area contributed by atoms with Crippen molar-refractivity contribution in [2.45, 2.75) is 6.92 Å². The summed E-state index contributed by atoms with van der Waals surface area (Å²) < 4.78 is 5.39. The second-order valence-corrected chi connectivity index (χ2v) is 5.21. The summed E-state index contributed by atoms with van der Waals surface area (Å²) in [6.07, 6.45) is 0. The van der Waals surface area contributed by atoms with Crippen LogP contribution in [0.3, 0.4) is 0 Å². The molecule has 3 aromatic rings. The maximum Gasteiger partial charge on any atom is 0.354 e. The Hall–Kier alpha value is -3.48. The van der Waals surface area contributed by atoms with Crippen molar-refractivity contribution in [1.29, 1.82) is 0 Å². The zero-order valence-electron chi connectivity index (χ0n) is 13.4. The van der Waals surface area contributed by atoms with E-state index in [9.17, 15) is 14.8 Å². The number of H-pyrrole nitrogens is 1. The fraction of sp³-hybridized carbons (Fsp3) is 0.111. The number of carboxylic acid groups (broad SMARTS) is 1. The molecular weight excluding hydrogens is 322 g/mol. The van der Waals surface area contributed by atoms with Gasteiger partial charge in [-0.05, 0) is 48.5 Å². The summed E-state index contributed by atoms with van der Waals surface area (Å²) in [5.41, 5.74) is 1.76. The van der Waals surface area contributed by atoms with Crippen molar-refractivity contribution in [2.24, 2.45) is 5.18 Å². The lowest BCUT2D eigenvalue weighted by Gasteiger charge is -2.04. The molecule has 0 spiro atoms. The molecule has 0 aliphatic rings. The average Bonchev–Trinajstić information content (AvgIpc) is 3.08. The highest BCUT2D eigenvalue weighted by molar-refractivity contribution is 5.94. The topological polar surface area (TPSA) is 105 Å². The summed E-state index contributed by atoms with van der Waals surface area (Å²) in [6, 6.07) is 13.5. The van der Waals surface area contributed by atoms with Crippen molar-refractivity contribution in [3.8, 4) is 28.4 Å². The van der Waals surface area contributed by atoms with Crippen LogP contribution in [0.25, 0.3) is 22.6 Å². The SMILES string of the molecule is CCOc1ccc(-c2nc(-c3cccc(N=O)c3)[nH]c2C(=O)O)cc1. The quantitative estimate of drug-likeness (QED) is 0.655. The lowest BCUT2D eigenvalue weighted by atomic mass is 10.1. The monoisotopic (exact) mass is 337 g/mol. The molecule has 0 atom stereocenters. The highest BCUT2D eigenvalue weighted by Gasteiger charge is 2.19. The summed E-state index contributed by atoms with van der Waals surface area (Å²) in [6.45, 7) is 2.44. The highest BCUT2D eigenvalue weighted by Crippen LogP contribution is 2.29. The van der Waals surface area contributed by atoms with Crippen LogP contribution in [-0.2, 0) is 0 Å². The third-order valence-corrected chi connectivity index (χ3v) is 3.58. The van der Waals surface area contributed by atoms with Crippen molar-refractivity contribution in [1.82, 2.24) is 9.97 Å². The molecule has 0 saturated carbocycles. The molecule has 25 heavy (non-hydrogen) atoms. The Morgan fingerprint density at radius 1 is 1.20 bits per heavy atom. The van der Waals surface area contributed by atoms with Crippen LogP contribution in [0.15, 0.2) is 53.7 Å². The molecule has 0 fully saturated rings. The maximum absolute atomic E-state index is 11.6. The van der Waals surface area contributed by atoms with Crippen LogP contribution in [-0.4, -0.2) is 27.7 Å². The lowest BCUT2D eigenvalue weighted by Crippen LogP contribution is -1.99. The summed E-state index contributed by atoms with van der Waals surface area (Å²) in [7, 11) is 0. The number of hydrogen-bond donors (Lipinski definition) is 2. The van der Waals surface area contributed by atoms with E-state index in [4.69, 9.17) is 4.74 Å². The number of nitroso groups, excluding NO2 is 1. The molecule has 0 bridgehead atoms.